The fraction of sp³-hybridized carbons (Fsp3) is 0.767. The molecule has 0 rings (SSSR count). The number of allylic oxidation sites excluding steroid dienone is 8. The lowest BCUT2D eigenvalue weighted by molar-refractivity contribution is -0.161. The fourth-order valence-corrected chi connectivity index (χ4v) is 6.41. The summed E-state index contributed by atoms with van der Waals surface area (Å²) in [7, 11) is -4.39. The Morgan fingerprint density at radius 2 is 1.04 bits per heavy atom. The van der Waals surface area contributed by atoms with Gasteiger partial charge in [0, 0.05) is 19.4 Å². The second kappa shape index (κ2) is 39.7. The minimum absolute atomic E-state index is 0.0424. The van der Waals surface area contributed by atoms with Gasteiger partial charge in [-0.15, -0.1) is 0 Å². The molecule has 3 N–H and O–H groups in total. The van der Waals surface area contributed by atoms with Crippen molar-refractivity contribution in [2.45, 2.75) is 187 Å². The average molecular weight is 768 g/mol. The van der Waals surface area contributed by atoms with Crippen LogP contribution in [-0.4, -0.2) is 49.3 Å². The fourth-order valence-electron chi connectivity index (χ4n) is 5.65. The maximum absolute atomic E-state index is 12.5. The number of rotatable bonds is 39. The largest absolute Gasteiger partial charge is 0.472 e. The molecule has 2 atom stereocenters. The molecule has 2 unspecified atom stereocenters. The van der Waals surface area contributed by atoms with E-state index in [2.05, 4.69) is 50.3 Å². The molecule has 0 saturated heterocycles. The van der Waals surface area contributed by atoms with E-state index in [0.29, 0.717) is 6.42 Å². The number of carbonyl (C=O) groups is 2. The van der Waals surface area contributed by atoms with Crippen molar-refractivity contribution >= 4 is 19.8 Å². The number of phosphoric acid groups is 1. The smallest absolute Gasteiger partial charge is 0.462 e. The van der Waals surface area contributed by atoms with E-state index < -0.39 is 32.5 Å². The first-order valence-corrected chi connectivity index (χ1v) is 22.6. The van der Waals surface area contributed by atoms with Crippen molar-refractivity contribution in [2.24, 2.45) is 5.73 Å². The van der Waals surface area contributed by atoms with E-state index in [0.717, 1.165) is 44.9 Å². The van der Waals surface area contributed by atoms with Gasteiger partial charge in [0.25, 0.3) is 0 Å². The number of carbonyl (C=O) groups excluding carboxylic acids is 2. The van der Waals surface area contributed by atoms with E-state index in [1.807, 2.05) is 12.2 Å². The monoisotopic (exact) mass is 768 g/mol. The summed E-state index contributed by atoms with van der Waals surface area (Å²) in [5, 5.41) is 0. The van der Waals surface area contributed by atoms with Gasteiger partial charge in [-0.2, -0.15) is 0 Å². The first-order valence-electron chi connectivity index (χ1n) is 21.1. The van der Waals surface area contributed by atoms with E-state index in [4.69, 9.17) is 24.3 Å². The van der Waals surface area contributed by atoms with Crippen LogP contribution >= 0.6 is 7.82 Å². The maximum Gasteiger partial charge on any atom is 0.472 e. The van der Waals surface area contributed by atoms with E-state index in [1.54, 1.807) is 0 Å². The molecule has 53 heavy (non-hydrogen) atoms. The molecule has 0 spiro atoms. The van der Waals surface area contributed by atoms with Gasteiger partial charge >= 0.3 is 19.8 Å². The number of hydrogen-bond acceptors (Lipinski definition) is 8. The normalized spacial score (nSPS) is 13.8. The van der Waals surface area contributed by atoms with Crippen LogP contribution < -0.4 is 5.73 Å². The van der Waals surface area contributed by atoms with Gasteiger partial charge in [-0.25, -0.2) is 4.57 Å². The minimum atomic E-state index is -4.39. The summed E-state index contributed by atoms with van der Waals surface area (Å²) in [5.74, 6) is -0.920. The van der Waals surface area contributed by atoms with Crippen LogP contribution in [0.3, 0.4) is 0 Å². The van der Waals surface area contributed by atoms with Crippen LogP contribution in [0.15, 0.2) is 48.6 Å². The molecular weight excluding hydrogens is 689 g/mol. The van der Waals surface area contributed by atoms with Crippen molar-refractivity contribution in [1.82, 2.24) is 0 Å². The van der Waals surface area contributed by atoms with Gasteiger partial charge < -0.3 is 20.1 Å². The molecule has 0 heterocycles. The highest BCUT2D eigenvalue weighted by Gasteiger charge is 2.25. The second-order valence-corrected chi connectivity index (χ2v) is 15.3. The third-order valence-corrected chi connectivity index (χ3v) is 9.73. The molecule has 9 nitrogen and oxygen atoms in total. The molecule has 0 radical (unpaired) electrons. The van der Waals surface area contributed by atoms with Gasteiger partial charge in [0.05, 0.1) is 13.2 Å². The van der Waals surface area contributed by atoms with Gasteiger partial charge in [0.2, 0.25) is 0 Å². The molecule has 0 aromatic heterocycles. The molecule has 0 aliphatic rings. The summed E-state index contributed by atoms with van der Waals surface area (Å²) < 4.78 is 32.6. The van der Waals surface area contributed by atoms with Gasteiger partial charge in [-0.1, -0.05) is 178 Å². The Morgan fingerprint density at radius 3 is 1.51 bits per heavy atom. The van der Waals surface area contributed by atoms with Crippen LogP contribution in [0.25, 0.3) is 0 Å². The Bertz CT molecular complexity index is 1010. The van der Waals surface area contributed by atoms with Gasteiger partial charge in [-0.3, -0.25) is 18.6 Å². The van der Waals surface area contributed by atoms with Crippen molar-refractivity contribution in [3.63, 3.8) is 0 Å². The third-order valence-electron chi connectivity index (χ3n) is 8.74. The van der Waals surface area contributed by atoms with E-state index >= 15 is 0 Å². The molecule has 0 bridgehead atoms. The molecule has 0 aliphatic heterocycles. The van der Waals surface area contributed by atoms with Crippen LogP contribution in [0, 0.1) is 0 Å². The zero-order chi connectivity index (χ0) is 38.9. The van der Waals surface area contributed by atoms with E-state index in [-0.39, 0.29) is 32.6 Å². The lowest BCUT2D eigenvalue weighted by Gasteiger charge is -2.19. The molecule has 10 heteroatoms. The second-order valence-electron chi connectivity index (χ2n) is 13.8. The highest BCUT2D eigenvalue weighted by Crippen LogP contribution is 2.43. The van der Waals surface area contributed by atoms with Crippen molar-refractivity contribution in [1.29, 1.82) is 0 Å². The summed E-state index contributed by atoms with van der Waals surface area (Å²) in [4.78, 5) is 34.8. The van der Waals surface area contributed by atoms with Crippen LogP contribution in [0.1, 0.15) is 181 Å². The minimum Gasteiger partial charge on any atom is -0.462 e. The number of hydrogen-bond donors (Lipinski definition) is 2. The first kappa shape index (κ1) is 51.0. The van der Waals surface area contributed by atoms with Gasteiger partial charge in [-0.05, 0) is 38.5 Å². The molecule has 0 saturated carbocycles. The number of ether oxygens (including phenoxy) is 2. The molecule has 0 amide bonds. The number of esters is 2. The topological polar surface area (TPSA) is 134 Å². The quantitative estimate of drug-likeness (QED) is 0.0271. The lowest BCUT2D eigenvalue weighted by atomic mass is 10.0. The average Bonchev–Trinajstić information content (AvgIpc) is 3.14. The summed E-state index contributed by atoms with van der Waals surface area (Å²) in [5.41, 5.74) is 5.33. The van der Waals surface area contributed by atoms with Gasteiger partial charge in [0.15, 0.2) is 6.10 Å². The highest BCUT2D eigenvalue weighted by atomic mass is 31.2. The summed E-state index contributed by atoms with van der Waals surface area (Å²) >= 11 is 0. The maximum atomic E-state index is 12.5. The first-order chi connectivity index (χ1) is 25.8. The highest BCUT2D eigenvalue weighted by molar-refractivity contribution is 7.47. The van der Waals surface area contributed by atoms with Crippen molar-refractivity contribution < 1.29 is 37.6 Å². The standard InChI is InChI=1S/C43H78NO8P/c1-3-5-7-9-11-13-15-17-18-19-20-21-22-24-25-27-29-31-33-35-42(45)49-39-41(40-51-53(47,48)50-38-37-44)52-43(46)36-34-32-30-28-26-23-16-14-12-10-8-6-4-2/h6,8,12,14,23,26,30,32,41H,3-5,7,9-11,13,15-22,24-25,27-29,31,33-40,44H2,1-2H3,(H,47,48)/b8-6-,14-12-,26-23-,32-30-. The number of nitrogens with two attached hydrogens (primary N) is 1. The predicted octanol–water partition coefficient (Wildman–Crippen LogP) is 11.9. The SMILES string of the molecule is CC/C=C\C/C=C\C/C=C\C/C=C\CCC(=O)OC(COC(=O)CCCCCCCCCCCCCCCCCCCCC)COP(=O)(O)OCCN. The molecule has 0 aliphatic carbocycles. The summed E-state index contributed by atoms with van der Waals surface area (Å²) in [6.45, 7) is 3.54. The number of phosphoric ester groups is 1. The van der Waals surface area contributed by atoms with Crippen LogP contribution in [-0.2, 0) is 32.7 Å². The Hall–Kier alpha value is -2.03. The van der Waals surface area contributed by atoms with E-state index in [9.17, 15) is 19.0 Å². The molecular formula is C43H78NO8P. The lowest BCUT2D eigenvalue weighted by Crippen LogP contribution is -2.29. The summed E-state index contributed by atoms with van der Waals surface area (Å²) in [6, 6.07) is 0. The summed E-state index contributed by atoms with van der Waals surface area (Å²) in [6.07, 6.45) is 44.5. The predicted molar refractivity (Wildman–Crippen MR) is 220 cm³/mol. The van der Waals surface area contributed by atoms with Crippen LogP contribution in [0.5, 0.6) is 0 Å². The molecule has 0 aromatic rings. The Balaban J connectivity index is 4.18. The Labute approximate surface area is 324 Å². The van der Waals surface area contributed by atoms with Crippen molar-refractivity contribution in [3.05, 3.63) is 48.6 Å². The van der Waals surface area contributed by atoms with Crippen LogP contribution in [0.2, 0.25) is 0 Å². The van der Waals surface area contributed by atoms with E-state index in [1.165, 1.54) is 103 Å². The number of unbranched alkanes of at least 4 members (excludes halogenated alkanes) is 18. The Morgan fingerprint density at radius 1 is 0.585 bits per heavy atom. The van der Waals surface area contributed by atoms with Crippen molar-refractivity contribution in [2.75, 3.05) is 26.4 Å². The third kappa shape index (κ3) is 39.5. The molecule has 0 aromatic carbocycles. The molecule has 0 fully saturated rings. The molecule has 308 valence electrons. The van der Waals surface area contributed by atoms with Crippen LogP contribution in [0.4, 0.5) is 0 Å². The zero-order valence-corrected chi connectivity index (χ0v) is 34.6. The Kier molecular flexibility index (Phi) is 38.1. The van der Waals surface area contributed by atoms with Gasteiger partial charge in [0.1, 0.15) is 6.61 Å². The zero-order valence-electron chi connectivity index (χ0n) is 33.7. The van der Waals surface area contributed by atoms with Crippen molar-refractivity contribution in [3.8, 4) is 0 Å².